The first-order valence-corrected chi connectivity index (χ1v) is 6.68. The average Bonchev–Trinajstić information content (AvgIpc) is 2.62. The summed E-state index contributed by atoms with van der Waals surface area (Å²) in [5.74, 6) is 0. The minimum atomic E-state index is -2.57. The number of ether oxygens (including phenoxy) is 1. The van der Waals surface area contributed by atoms with Gasteiger partial charge in [0.15, 0.2) is 0 Å². The lowest BCUT2D eigenvalue weighted by atomic mass is 9.89. The van der Waals surface area contributed by atoms with Crippen molar-refractivity contribution in [2.75, 3.05) is 0 Å². The fourth-order valence-electron chi connectivity index (χ4n) is 2.49. The van der Waals surface area contributed by atoms with Crippen LogP contribution in [0.2, 0.25) is 0 Å². The molecule has 0 spiro atoms. The third kappa shape index (κ3) is 5.30. The number of carbonyl (C=O) groups excluding carboxylic acids is 1. The standard InChI is InChI=1S/C13H24F2N2O2/c1-12(2,3)19-11(18)17-13(6-4-5-7-13)8-9(16)10(14)15/h9-10H,4-8,16H2,1-3H3,(H,17,18). The predicted molar refractivity (Wildman–Crippen MR) is 69.2 cm³/mol. The van der Waals surface area contributed by atoms with E-state index in [0.717, 1.165) is 12.8 Å². The van der Waals surface area contributed by atoms with Crippen molar-refractivity contribution in [1.29, 1.82) is 0 Å². The fourth-order valence-corrected chi connectivity index (χ4v) is 2.49. The van der Waals surface area contributed by atoms with E-state index in [1.165, 1.54) is 0 Å². The molecule has 0 aromatic carbocycles. The Bertz CT molecular complexity index is 310. The number of alkyl carbamates (subject to hydrolysis) is 1. The van der Waals surface area contributed by atoms with Crippen molar-refractivity contribution in [3.8, 4) is 0 Å². The van der Waals surface area contributed by atoms with Crippen LogP contribution in [0.15, 0.2) is 0 Å². The number of hydrogen-bond donors (Lipinski definition) is 2. The van der Waals surface area contributed by atoms with Gasteiger partial charge in [0, 0.05) is 5.54 Å². The number of nitrogens with two attached hydrogens (primary N) is 1. The second-order valence-electron chi connectivity index (χ2n) is 6.32. The van der Waals surface area contributed by atoms with Crippen LogP contribution in [0, 0.1) is 0 Å². The Labute approximate surface area is 113 Å². The largest absolute Gasteiger partial charge is 0.444 e. The predicted octanol–water partition coefficient (Wildman–Crippen LogP) is 2.81. The van der Waals surface area contributed by atoms with E-state index in [1.807, 2.05) is 0 Å². The lowest BCUT2D eigenvalue weighted by Gasteiger charge is -2.33. The summed E-state index contributed by atoms with van der Waals surface area (Å²) in [5, 5.41) is 2.76. The SMILES string of the molecule is CC(C)(C)OC(=O)NC1(CC(N)C(F)F)CCCC1. The smallest absolute Gasteiger partial charge is 0.408 e. The van der Waals surface area contributed by atoms with E-state index >= 15 is 0 Å². The molecule has 0 aliphatic heterocycles. The molecule has 1 aliphatic rings. The number of rotatable bonds is 4. The topological polar surface area (TPSA) is 64.3 Å². The molecule has 3 N–H and O–H groups in total. The molecular weight excluding hydrogens is 254 g/mol. The third-order valence-corrected chi connectivity index (χ3v) is 3.28. The zero-order chi connectivity index (χ0) is 14.7. The number of amides is 1. The summed E-state index contributed by atoms with van der Waals surface area (Å²) in [6.07, 6.45) is 0.120. The van der Waals surface area contributed by atoms with Gasteiger partial charge in [0.05, 0.1) is 6.04 Å². The second kappa shape index (κ2) is 6.03. The van der Waals surface area contributed by atoms with Crippen LogP contribution >= 0.6 is 0 Å². The summed E-state index contributed by atoms with van der Waals surface area (Å²) in [6.45, 7) is 5.29. The monoisotopic (exact) mass is 278 g/mol. The summed E-state index contributed by atoms with van der Waals surface area (Å²) in [4.78, 5) is 11.8. The van der Waals surface area contributed by atoms with Crippen molar-refractivity contribution < 1.29 is 18.3 Å². The maximum Gasteiger partial charge on any atom is 0.408 e. The lowest BCUT2D eigenvalue weighted by molar-refractivity contribution is 0.0409. The van der Waals surface area contributed by atoms with Crippen LogP contribution in [0.5, 0.6) is 0 Å². The average molecular weight is 278 g/mol. The van der Waals surface area contributed by atoms with Crippen LogP contribution in [-0.4, -0.2) is 29.7 Å². The Morgan fingerprint density at radius 1 is 1.37 bits per heavy atom. The normalized spacial score (nSPS) is 20.4. The highest BCUT2D eigenvalue weighted by molar-refractivity contribution is 5.68. The van der Waals surface area contributed by atoms with Gasteiger partial charge in [-0.25, -0.2) is 13.6 Å². The molecular formula is C13H24F2N2O2. The summed E-state index contributed by atoms with van der Waals surface area (Å²) >= 11 is 0. The Kier molecular flexibility index (Phi) is 5.12. The van der Waals surface area contributed by atoms with Gasteiger partial charge in [-0.1, -0.05) is 12.8 Å². The highest BCUT2D eigenvalue weighted by atomic mass is 19.3. The minimum Gasteiger partial charge on any atom is -0.444 e. The molecule has 19 heavy (non-hydrogen) atoms. The summed E-state index contributed by atoms with van der Waals surface area (Å²) < 4.78 is 30.4. The van der Waals surface area contributed by atoms with Gasteiger partial charge in [-0.3, -0.25) is 0 Å². The number of hydrogen-bond acceptors (Lipinski definition) is 3. The summed E-state index contributed by atoms with van der Waals surface area (Å²) in [5.41, 5.74) is 4.20. The molecule has 112 valence electrons. The van der Waals surface area contributed by atoms with Gasteiger partial charge in [0.1, 0.15) is 5.60 Å². The molecule has 0 bridgehead atoms. The third-order valence-electron chi connectivity index (χ3n) is 3.28. The van der Waals surface area contributed by atoms with Crippen LogP contribution < -0.4 is 11.1 Å². The number of carbonyl (C=O) groups is 1. The van der Waals surface area contributed by atoms with Crippen LogP contribution in [0.25, 0.3) is 0 Å². The van der Waals surface area contributed by atoms with E-state index in [0.29, 0.717) is 12.8 Å². The molecule has 1 rings (SSSR count). The van der Waals surface area contributed by atoms with E-state index < -0.39 is 29.7 Å². The van der Waals surface area contributed by atoms with E-state index in [-0.39, 0.29) is 6.42 Å². The van der Waals surface area contributed by atoms with Crippen molar-refractivity contribution in [3.05, 3.63) is 0 Å². The van der Waals surface area contributed by atoms with Crippen molar-refractivity contribution >= 4 is 6.09 Å². The van der Waals surface area contributed by atoms with Gasteiger partial charge in [0.2, 0.25) is 0 Å². The zero-order valence-corrected chi connectivity index (χ0v) is 11.8. The number of alkyl halides is 2. The van der Waals surface area contributed by atoms with Crippen molar-refractivity contribution in [2.45, 2.75) is 76.5 Å². The highest BCUT2D eigenvalue weighted by Crippen LogP contribution is 2.34. The first kappa shape index (κ1) is 16.1. The molecule has 1 amide bonds. The molecule has 0 heterocycles. The van der Waals surface area contributed by atoms with Crippen molar-refractivity contribution in [1.82, 2.24) is 5.32 Å². The van der Waals surface area contributed by atoms with Gasteiger partial charge < -0.3 is 15.8 Å². The van der Waals surface area contributed by atoms with Crippen LogP contribution in [-0.2, 0) is 4.74 Å². The fraction of sp³-hybridized carbons (Fsp3) is 0.923. The van der Waals surface area contributed by atoms with Crippen molar-refractivity contribution in [2.24, 2.45) is 5.73 Å². The molecule has 0 aromatic rings. The van der Waals surface area contributed by atoms with Gasteiger partial charge in [-0.05, 0) is 40.0 Å². The zero-order valence-electron chi connectivity index (χ0n) is 11.8. The molecule has 1 aliphatic carbocycles. The minimum absolute atomic E-state index is 0.0872. The Hall–Kier alpha value is -0.910. The van der Waals surface area contributed by atoms with Gasteiger partial charge in [-0.2, -0.15) is 0 Å². The molecule has 1 fully saturated rings. The van der Waals surface area contributed by atoms with Gasteiger partial charge in [-0.15, -0.1) is 0 Å². The summed E-state index contributed by atoms with van der Waals surface area (Å²) in [6, 6.07) is -1.21. The van der Waals surface area contributed by atoms with E-state index in [4.69, 9.17) is 10.5 Å². The van der Waals surface area contributed by atoms with Crippen LogP contribution in [0.1, 0.15) is 52.9 Å². The second-order valence-corrected chi connectivity index (χ2v) is 6.32. The van der Waals surface area contributed by atoms with E-state index in [2.05, 4.69) is 5.32 Å². The van der Waals surface area contributed by atoms with Crippen LogP contribution in [0.4, 0.5) is 13.6 Å². The molecule has 1 atom stereocenters. The molecule has 0 aromatic heterocycles. The lowest BCUT2D eigenvalue weighted by Crippen LogP contribution is -2.52. The molecule has 0 saturated heterocycles. The van der Waals surface area contributed by atoms with Gasteiger partial charge in [0.25, 0.3) is 6.43 Å². The Morgan fingerprint density at radius 3 is 2.32 bits per heavy atom. The Morgan fingerprint density at radius 2 is 1.89 bits per heavy atom. The maximum absolute atomic E-state index is 12.6. The Balaban J connectivity index is 2.64. The first-order valence-electron chi connectivity index (χ1n) is 6.68. The molecule has 1 saturated carbocycles. The van der Waals surface area contributed by atoms with E-state index in [1.54, 1.807) is 20.8 Å². The highest BCUT2D eigenvalue weighted by Gasteiger charge is 2.39. The maximum atomic E-state index is 12.6. The van der Waals surface area contributed by atoms with E-state index in [9.17, 15) is 13.6 Å². The van der Waals surface area contributed by atoms with Crippen LogP contribution in [0.3, 0.4) is 0 Å². The van der Waals surface area contributed by atoms with Crippen molar-refractivity contribution in [3.63, 3.8) is 0 Å². The molecule has 1 unspecified atom stereocenters. The molecule has 6 heteroatoms. The van der Waals surface area contributed by atoms with Gasteiger partial charge >= 0.3 is 6.09 Å². The molecule has 0 radical (unpaired) electrons. The molecule has 4 nitrogen and oxygen atoms in total. The summed E-state index contributed by atoms with van der Waals surface area (Å²) in [7, 11) is 0. The quantitative estimate of drug-likeness (QED) is 0.831. The number of nitrogens with one attached hydrogen (secondary N) is 1. The number of halogens is 2. The first-order chi connectivity index (χ1) is 8.64.